The molecule has 2 aromatic rings. The fraction of sp³-hybridized carbons (Fsp3) is 0.353. The highest BCUT2D eigenvalue weighted by Crippen LogP contribution is 2.30. The molecule has 1 aromatic heterocycles. The number of ether oxygens (including phenoxy) is 1. The van der Waals surface area contributed by atoms with Gasteiger partial charge in [0.05, 0.1) is 16.4 Å². The number of benzene rings is 1. The van der Waals surface area contributed by atoms with Gasteiger partial charge in [-0.3, -0.25) is 10.4 Å². The highest BCUT2D eigenvalue weighted by atomic mass is 32.1. The van der Waals surface area contributed by atoms with Gasteiger partial charge in [0.15, 0.2) is 6.19 Å². The van der Waals surface area contributed by atoms with Gasteiger partial charge in [-0.15, -0.1) is 11.3 Å². The normalized spacial score (nSPS) is 14.8. The van der Waals surface area contributed by atoms with Crippen molar-refractivity contribution in [2.45, 2.75) is 25.4 Å². The first-order valence-electron chi connectivity index (χ1n) is 8.06. The quantitative estimate of drug-likeness (QED) is 0.271. The summed E-state index contributed by atoms with van der Waals surface area (Å²) in [6, 6.07) is 7.25. The van der Waals surface area contributed by atoms with Gasteiger partial charge < -0.3 is 9.64 Å². The molecule has 130 valence electrons. The summed E-state index contributed by atoms with van der Waals surface area (Å²) in [5.41, 5.74) is 1.65. The highest BCUT2D eigenvalue weighted by Gasteiger charge is 2.22. The van der Waals surface area contributed by atoms with E-state index in [1.165, 1.54) is 5.01 Å². The Morgan fingerprint density at radius 2 is 2.12 bits per heavy atom. The van der Waals surface area contributed by atoms with Crippen LogP contribution in [0.2, 0.25) is 0 Å². The van der Waals surface area contributed by atoms with Crippen LogP contribution in [0.1, 0.15) is 29.5 Å². The van der Waals surface area contributed by atoms with Gasteiger partial charge in [0.2, 0.25) is 0 Å². The van der Waals surface area contributed by atoms with Crippen molar-refractivity contribution >= 4 is 23.4 Å². The van der Waals surface area contributed by atoms with Gasteiger partial charge in [0, 0.05) is 24.4 Å². The third-order valence-corrected chi connectivity index (χ3v) is 5.27. The first kappa shape index (κ1) is 17.2. The number of nitrogens with two attached hydrogens (primary N) is 1. The molecule has 7 nitrogen and oxygen atoms in total. The van der Waals surface area contributed by atoms with Gasteiger partial charge in [-0.1, -0.05) is 0 Å². The Kier molecular flexibility index (Phi) is 5.48. The molecule has 1 fully saturated rings. The zero-order valence-corrected chi connectivity index (χ0v) is 14.6. The van der Waals surface area contributed by atoms with Crippen LogP contribution >= 0.6 is 11.3 Å². The van der Waals surface area contributed by atoms with Crippen LogP contribution in [0.15, 0.2) is 29.6 Å². The maximum absolute atomic E-state index is 8.92. The molecular weight excluding hydrogens is 336 g/mol. The molecule has 0 aliphatic carbocycles. The summed E-state index contributed by atoms with van der Waals surface area (Å²) >= 11 is 1.67. The summed E-state index contributed by atoms with van der Waals surface area (Å²) in [6.07, 6.45) is 5.21. The molecule has 3 N–H and O–H groups in total. The number of likely N-dealkylation sites (tertiary alicyclic amines) is 1. The number of nitriles is 1. The van der Waals surface area contributed by atoms with Crippen molar-refractivity contribution < 1.29 is 4.74 Å². The Labute approximate surface area is 150 Å². The first-order valence-corrected chi connectivity index (χ1v) is 8.94. The number of rotatable bonds is 6. The molecule has 1 aliphatic heterocycles. The van der Waals surface area contributed by atoms with Crippen molar-refractivity contribution in [1.82, 2.24) is 9.88 Å². The van der Waals surface area contributed by atoms with Gasteiger partial charge in [-0.2, -0.15) is 5.26 Å². The zero-order valence-electron chi connectivity index (χ0n) is 13.8. The molecule has 0 radical (unpaired) electrons. The van der Waals surface area contributed by atoms with Crippen molar-refractivity contribution in [3.05, 3.63) is 40.3 Å². The molecule has 1 aliphatic rings. The average Bonchev–Trinajstić information content (AvgIpc) is 3.15. The maximum Gasteiger partial charge on any atom is 0.179 e. The summed E-state index contributed by atoms with van der Waals surface area (Å²) in [7, 11) is 0. The Morgan fingerprint density at radius 1 is 1.40 bits per heavy atom. The number of nitrogens with one attached hydrogen (secondary N) is 1. The van der Waals surface area contributed by atoms with E-state index in [0.29, 0.717) is 12.5 Å². The summed E-state index contributed by atoms with van der Waals surface area (Å²) in [5, 5.41) is 20.4. The minimum Gasteiger partial charge on any atom is -0.487 e. The molecule has 0 amide bonds. The number of anilines is 1. The Hall–Kier alpha value is -2.63. The van der Waals surface area contributed by atoms with E-state index in [9.17, 15) is 0 Å². The molecule has 0 bridgehead atoms. The zero-order chi connectivity index (χ0) is 17.6. The average molecular weight is 356 g/mol. The number of nitrogens with zero attached hydrogens (tertiary/aromatic N) is 4. The summed E-state index contributed by atoms with van der Waals surface area (Å²) in [6.45, 7) is 2.05. The number of aromatic nitrogens is 1. The van der Waals surface area contributed by atoms with Crippen LogP contribution in [0.4, 0.5) is 5.69 Å². The standard InChI is InChI=1S/C17H20N6OS/c18-11-22-7-5-13(6-8-22)17-21-14(10-25-17)9-24-16-3-1-15(2-4-16)23(20)12-19/h1-4,10,12-13,19H,5-9,20H2. The second-order valence-corrected chi connectivity index (χ2v) is 6.75. The molecule has 1 aromatic carbocycles. The highest BCUT2D eigenvalue weighted by molar-refractivity contribution is 7.09. The lowest BCUT2D eigenvalue weighted by Crippen LogP contribution is -2.28. The van der Waals surface area contributed by atoms with Crippen molar-refractivity contribution in [2.75, 3.05) is 18.1 Å². The van der Waals surface area contributed by atoms with Gasteiger partial charge in [0.25, 0.3) is 0 Å². The van der Waals surface area contributed by atoms with E-state index in [1.807, 2.05) is 17.5 Å². The molecule has 8 heteroatoms. The molecule has 0 spiro atoms. The van der Waals surface area contributed by atoms with E-state index in [-0.39, 0.29) is 0 Å². The third-order valence-electron chi connectivity index (χ3n) is 4.22. The lowest BCUT2D eigenvalue weighted by Gasteiger charge is -2.26. The monoisotopic (exact) mass is 356 g/mol. The van der Waals surface area contributed by atoms with Crippen LogP contribution < -0.4 is 15.6 Å². The van der Waals surface area contributed by atoms with Crippen LogP contribution in [-0.2, 0) is 6.61 Å². The molecule has 2 heterocycles. The van der Waals surface area contributed by atoms with Crippen molar-refractivity contribution in [1.29, 1.82) is 10.7 Å². The second kappa shape index (κ2) is 7.96. The fourth-order valence-electron chi connectivity index (χ4n) is 2.75. The summed E-state index contributed by atoms with van der Waals surface area (Å²) in [5.74, 6) is 6.80. The maximum atomic E-state index is 8.92. The van der Waals surface area contributed by atoms with Crippen molar-refractivity contribution in [3.63, 3.8) is 0 Å². The smallest absolute Gasteiger partial charge is 0.179 e. The topological polar surface area (TPSA) is 102 Å². The minimum atomic E-state index is 0.420. The Morgan fingerprint density at radius 3 is 2.76 bits per heavy atom. The van der Waals surface area contributed by atoms with Gasteiger partial charge >= 0.3 is 0 Å². The van der Waals surface area contributed by atoms with E-state index in [1.54, 1.807) is 28.4 Å². The lowest BCUT2D eigenvalue weighted by molar-refractivity contribution is 0.291. The molecule has 0 unspecified atom stereocenters. The van der Waals surface area contributed by atoms with Crippen molar-refractivity contribution in [2.24, 2.45) is 5.84 Å². The molecule has 3 rings (SSSR count). The van der Waals surface area contributed by atoms with Crippen LogP contribution in [0.3, 0.4) is 0 Å². The molecular formula is C17H20N6OS. The number of piperidine rings is 1. The third kappa shape index (κ3) is 4.26. The van der Waals surface area contributed by atoms with E-state index in [4.69, 9.17) is 26.2 Å². The van der Waals surface area contributed by atoms with E-state index >= 15 is 0 Å². The fourth-order valence-corrected chi connectivity index (χ4v) is 3.72. The first-order chi connectivity index (χ1) is 12.2. The van der Waals surface area contributed by atoms with E-state index in [0.717, 1.165) is 54.4 Å². The van der Waals surface area contributed by atoms with E-state index < -0.39 is 0 Å². The predicted molar refractivity (Wildman–Crippen MR) is 97.5 cm³/mol. The number of hydrazine groups is 1. The van der Waals surface area contributed by atoms with Crippen LogP contribution in [-0.4, -0.2) is 29.3 Å². The number of thiazole rings is 1. The summed E-state index contributed by atoms with van der Waals surface area (Å²) in [4.78, 5) is 6.50. The molecule has 0 saturated carbocycles. The van der Waals surface area contributed by atoms with Crippen molar-refractivity contribution in [3.8, 4) is 11.9 Å². The summed E-state index contributed by atoms with van der Waals surface area (Å²) < 4.78 is 5.77. The predicted octanol–water partition coefficient (Wildman–Crippen LogP) is 2.67. The molecule has 1 saturated heterocycles. The minimum absolute atomic E-state index is 0.420. The Bertz CT molecular complexity index is 745. The lowest BCUT2D eigenvalue weighted by atomic mass is 9.98. The Balaban J connectivity index is 1.53. The molecule has 25 heavy (non-hydrogen) atoms. The molecule has 0 atom stereocenters. The van der Waals surface area contributed by atoms with Crippen LogP contribution in [0, 0.1) is 16.9 Å². The largest absolute Gasteiger partial charge is 0.487 e. The number of hydrogen-bond donors (Lipinski definition) is 2. The van der Waals surface area contributed by atoms with E-state index in [2.05, 4.69) is 6.19 Å². The SMILES string of the molecule is N#CN1CCC(c2nc(COc3ccc(N(N)C=N)cc3)cs2)CC1. The van der Waals surface area contributed by atoms with Gasteiger partial charge in [-0.25, -0.2) is 10.8 Å². The second-order valence-electron chi connectivity index (χ2n) is 5.86. The van der Waals surface area contributed by atoms with Crippen LogP contribution in [0.25, 0.3) is 0 Å². The van der Waals surface area contributed by atoms with Gasteiger partial charge in [0.1, 0.15) is 18.7 Å². The van der Waals surface area contributed by atoms with Gasteiger partial charge in [-0.05, 0) is 37.1 Å². The van der Waals surface area contributed by atoms with Crippen LogP contribution in [0.5, 0.6) is 5.75 Å². The number of hydrogen-bond acceptors (Lipinski definition) is 7.